The number of nitrogens with zero attached hydrogens (tertiary/aromatic N) is 1. The van der Waals surface area contributed by atoms with Gasteiger partial charge < -0.3 is 5.32 Å². The predicted octanol–water partition coefficient (Wildman–Crippen LogP) is 5.47. The summed E-state index contributed by atoms with van der Waals surface area (Å²) in [5.41, 5.74) is -0.0416. The van der Waals surface area contributed by atoms with Gasteiger partial charge in [0.25, 0.3) is 0 Å². The maximum Gasteiger partial charge on any atom is 0.416 e. The number of hydrogen-bond acceptors (Lipinski definition) is 2. The van der Waals surface area contributed by atoms with E-state index in [9.17, 15) is 13.2 Å². The maximum absolute atomic E-state index is 13.1. The number of alkyl halides is 3. The van der Waals surface area contributed by atoms with Crippen LogP contribution in [0.15, 0.2) is 30.9 Å². The van der Waals surface area contributed by atoms with Crippen molar-refractivity contribution in [3.05, 3.63) is 47.0 Å². The lowest BCUT2D eigenvalue weighted by Gasteiger charge is -2.36. The van der Waals surface area contributed by atoms with E-state index in [1.165, 1.54) is 12.1 Å². The molecular formula is C18H25Cl2F3N2. The van der Waals surface area contributed by atoms with E-state index in [2.05, 4.69) is 16.8 Å². The molecule has 0 bridgehead atoms. The number of halogens is 5. The highest BCUT2D eigenvalue weighted by atomic mass is 35.5. The van der Waals surface area contributed by atoms with Crippen molar-refractivity contribution in [2.24, 2.45) is 0 Å². The minimum atomic E-state index is -4.35. The lowest BCUT2D eigenvalue weighted by molar-refractivity contribution is -0.137. The van der Waals surface area contributed by atoms with Crippen LogP contribution in [0, 0.1) is 0 Å². The molecule has 0 radical (unpaired) electrons. The Hall–Kier alpha value is -0.750. The van der Waals surface area contributed by atoms with Gasteiger partial charge in [-0.15, -0.1) is 19.0 Å². The lowest BCUT2D eigenvalue weighted by Crippen LogP contribution is -2.45. The molecule has 1 atom stereocenters. The quantitative estimate of drug-likeness (QED) is 0.485. The molecule has 0 amide bonds. The van der Waals surface area contributed by atoms with Gasteiger partial charge in [0.1, 0.15) is 0 Å². The largest absolute Gasteiger partial charge is 0.416 e. The Morgan fingerprint density at radius 2 is 1.92 bits per heavy atom. The first-order valence-corrected chi connectivity index (χ1v) is 8.73. The number of benzene rings is 1. The second kappa shape index (κ2) is 10.4. The molecule has 1 saturated heterocycles. The number of piperazine rings is 1. The van der Waals surface area contributed by atoms with Crippen LogP contribution in [0.3, 0.4) is 0 Å². The summed E-state index contributed by atoms with van der Waals surface area (Å²) in [5, 5.41) is 3.69. The fourth-order valence-corrected chi connectivity index (χ4v) is 3.37. The highest BCUT2D eigenvalue weighted by molar-refractivity contribution is 6.31. The SMILES string of the molecule is C=CCCCC[C@H](c1cc(C(F)(F)F)ccc1Cl)N1CCNCC1.Cl. The second-order valence-corrected chi connectivity index (χ2v) is 6.52. The van der Waals surface area contributed by atoms with Crippen LogP contribution >= 0.6 is 24.0 Å². The van der Waals surface area contributed by atoms with Gasteiger partial charge in [-0.3, -0.25) is 4.90 Å². The molecule has 1 fully saturated rings. The summed E-state index contributed by atoms with van der Waals surface area (Å²) < 4.78 is 39.2. The first-order chi connectivity index (χ1) is 11.4. The minimum Gasteiger partial charge on any atom is -0.314 e. The van der Waals surface area contributed by atoms with Crippen LogP contribution in [0.4, 0.5) is 13.2 Å². The molecule has 1 aromatic rings. The highest BCUT2D eigenvalue weighted by Gasteiger charge is 2.32. The van der Waals surface area contributed by atoms with Crippen molar-refractivity contribution >= 4 is 24.0 Å². The van der Waals surface area contributed by atoms with Crippen LogP contribution in [0.5, 0.6) is 0 Å². The monoisotopic (exact) mass is 396 g/mol. The molecule has 1 aliphatic rings. The van der Waals surface area contributed by atoms with Gasteiger partial charge >= 0.3 is 6.18 Å². The molecule has 0 saturated carbocycles. The van der Waals surface area contributed by atoms with Gasteiger partial charge in [-0.05, 0) is 43.0 Å². The normalized spacial score (nSPS) is 17.0. The van der Waals surface area contributed by atoms with Crippen LogP contribution in [0.25, 0.3) is 0 Å². The molecule has 0 spiro atoms. The zero-order valence-corrected chi connectivity index (χ0v) is 15.7. The molecule has 0 aliphatic carbocycles. The topological polar surface area (TPSA) is 15.3 Å². The van der Waals surface area contributed by atoms with E-state index in [0.29, 0.717) is 10.6 Å². The number of allylic oxidation sites excluding steroid dienone is 1. The Kier molecular flexibility index (Phi) is 9.28. The van der Waals surface area contributed by atoms with E-state index in [-0.39, 0.29) is 18.4 Å². The first kappa shape index (κ1) is 22.3. The van der Waals surface area contributed by atoms with E-state index in [1.54, 1.807) is 0 Å². The molecule has 142 valence electrons. The number of nitrogens with one attached hydrogen (secondary N) is 1. The maximum atomic E-state index is 13.1. The molecule has 25 heavy (non-hydrogen) atoms. The van der Waals surface area contributed by atoms with Gasteiger partial charge in [0.2, 0.25) is 0 Å². The second-order valence-electron chi connectivity index (χ2n) is 6.11. The Bertz CT molecular complexity index is 544. The Morgan fingerprint density at radius 1 is 1.24 bits per heavy atom. The van der Waals surface area contributed by atoms with Crippen molar-refractivity contribution < 1.29 is 13.2 Å². The average molecular weight is 397 g/mol. The van der Waals surface area contributed by atoms with Crippen molar-refractivity contribution in [2.45, 2.75) is 37.9 Å². The summed E-state index contributed by atoms with van der Waals surface area (Å²) >= 11 is 6.27. The first-order valence-electron chi connectivity index (χ1n) is 8.36. The fraction of sp³-hybridized carbons (Fsp3) is 0.556. The van der Waals surface area contributed by atoms with Crippen molar-refractivity contribution in [3.8, 4) is 0 Å². The van der Waals surface area contributed by atoms with E-state index >= 15 is 0 Å². The van der Waals surface area contributed by atoms with Crippen LogP contribution < -0.4 is 5.32 Å². The van der Waals surface area contributed by atoms with Gasteiger partial charge in [0, 0.05) is 37.2 Å². The Morgan fingerprint density at radius 3 is 2.52 bits per heavy atom. The molecule has 0 aromatic heterocycles. The van der Waals surface area contributed by atoms with Crippen LogP contribution in [0.1, 0.15) is 42.9 Å². The van der Waals surface area contributed by atoms with E-state index in [4.69, 9.17) is 11.6 Å². The highest BCUT2D eigenvalue weighted by Crippen LogP contribution is 2.37. The van der Waals surface area contributed by atoms with E-state index in [1.807, 2.05) is 6.08 Å². The zero-order chi connectivity index (χ0) is 17.6. The molecule has 2 nitrogen and oxygen atoms in total. The third-order valence-electron chi connectivity index (χ3n) is 4.41. The molecule has 1 aliphatic heterocycles. The van der Waals surface area contributed by atoms with Gasteiger partial charge in [-0.25, -0.2) is 0 Å². The number of rotatable bonds is 7. The minimum absolute atomic E-state index is 0. The van der Waals surface area contributed by atoms with Crippen LogP contribution in [0.2, 0.25) is 5.02 Å². The standard InChI is InChI=1S/C18H24ClF3N2.ClH/c1-2-3-4-5-6-17(24-11-9-23-10-12-24)15-13-14(18(20,21)22)7-8-16(15)19;/h2,7-8,13,17,23H,1,3-6,9-12H2;1H/t17-;/m1./s1. The molecule has 1 heterocycles. The third kappa shape index (κ3) is 6.48. The van der Waals surface area contributed by atoms with Gasteiger partial charge in [-0.1, -0.05) is 24.1 Å². The van der Waals surface area contributed by atoms with E-state index < -0.39 is 11.7 Å². The molecular weight excluding hydrogens is 372 g/mol. The summed E-state index contributed by atoms with van der Waals surface area (Å²) in [7, 11) is 0. The summed E-state index contributed by atoms with van der Waals surface area (Å²) in [5.74, 6) is 0. The smallest absolute Gasteiger partial charge is 0.314 e. The third-order valence-corrected chi connectivity index (χ3v) is 4.75. The van der Waals surface area contributed by atoms with E-state index in [0.717, 1.165) is 57.9 Å². The summed E-state index contributed by atoms with van der Waals surface area (Å²) in [6.45, 7) is 7.04. The molecule has 1 aromatic carbocycles. The lowest BCUT2D eigenvalue weighted by atomic mass is 9.96. The number of unbranched alkanes of at least 4 members (excludes halogenated alkanes) is 2. The van der Waals surface area contributed by atoms with Crippen LogP contribution in [-0.2, 0) is 6.18 Å². The predicted molar refractivity (Wildman–Crippen MR) is 99.6 cm³/mol. The fourth-order valence-electron chi connectivity index (χ4n) is 3.13. The Labute approximate surface area is 158 Å². The van der Waals surface area contributed by atoms with Crippen molar-refractivity contribution in [2.75, 3.05) is 26.2 Å². The summed E-state index contributed by atoms with van der Waals surface area (Å²) in [6, 6.07) is 3.58. The molecule has 0 unspecified atom stereocenters. The summed E-state index contributed by atoms with van der Waals surface area (Å²) in [6.07, 6.45) is 1.17. The van der Waals surface area contributed by atoms with Gasteiger partial charge in [-0.2, -0.15) is 13.2 Å². The van der Waals surface area contributed by atoms with Crippen molar-refractivity contribution in [1.82, 2.24) is 10.2 Å². The molecule has 1 N–H and O–H groups in total. The average Bonchev–Trinajstić information content (AvgIpc) is 2.56. The van der Waals surface area contributed by atoms with Crippen LogP contribution in [-0.4, -0.2) is 31.1 Å². The Balaban J connectivity index is 0.00000312. The van der Waals surface area contributed by atoms with Crippen molar-refractivity contribution in [1.29, 1.82) is 0 Å². The van der Waals surface area contributed by atoms with Crippen molar-refractivity contribution in [3.63, 3.8) is 0 Å². The zero-order valence-electron chi connectivity index (χ0n) is 14.1. The molecule has 2 rings (SSSR count). The number of hydrogen-bond donors (Lipinski definition) is 1. The summed E-state index contributed by atoms with van der Waals surface area (Å²) in [4.78, 5) is 2.24. The van der Waals surface area contributed by atoms with Gasteiger partial charge in [0.15, 0.2) is 0 Å². The van der Waals surface area contributed by atoms with Gasteiger partial charge in [0.05, 0.1) is 5.56 Å². The molecule has 7 heteroatoms.